The van der Waals surface area contributed by atoms with Crippen LogP contribution in [-0.4, -0.2) is 67.3 Å². The normalized spacial score (nSPS) is 15.1. The van der Waals surface area contributed by atoms with E-state index in [1.807, 2.05) is 0 Å². The quantitative estimate of drug-likeness (QED) is 0.535. The van der Waals surface area contributed by atoms with Crippen molar-refractivity contribution in [2.75, 3.05) is 33.4 Å². The highest BCUT2D eigenvalue weighted by molar-refractivity contribution is 5.95. The van der Waals surface area contributed by atoms with Crippen LogP contribution in [0, 0.1) is 0 Å². The van der Waals surface area contributed by atoms with E-state index in [-0.39, 0.29) is 19.1 Å². The van der Waals surface area contributed by atoms with E-state index in [9.17, 15) is 14.4 Å². The molecule has 1 aliphatic rings. The van der Waals surface area contributed by atoms with E-state index in [1.54, 1.807) is 4.90 Å². The zero-order chi connectivity index (χ0) is 15.7. The van der Waals surface area contributed by atoms with Crippen LogP contribution in [0.25, 0.3) is 0 Å². The van der Waals surface area contributed by atoms with Gasteiger partial charge in [0, 0.05) is 19.7 Å². The third-order valence-corrected chi connectivity index (χ3v) is 3.37. The molecule has 0 spiro atoms. The number of carboxylic acids is 1. The van der Waals surface area contributed by atoms with Gasteiger partial charge in [0.05, 0.1) is 19.7 Å². The van der Waals surface area contributed by atoms with Crippen LogP contribution in [-0.2, 0) is 14.3 Å². The second kappa shape index (κ2) is 9.30. The Morgan fingerprint density at radius 2 is 1.90 bits per heavy atom. The Kier molecular flexibility index (Phi) is 7.70. The molecule has 0 bridgehead atoms. The first kappa shape index (κ1) is 17.4. The molecule has 0 aromatic rings. The largest absolute Gasteiger partial charge is 0.480 e. The molecule has 120 valence electrons. The molecule has 0 radical (unpaired) electrons. The molecule has 0 heterocycles. The summed E-state index contributed by atoms with van der Waals surface area (Å²) in [7, 11) is 1.51. The van der Waals surface area contributed by atoms with Gasteiger partial charge in [-0.25, -0.2) is 4.79 Å². The molecule has 1 aliphatic carbocycles. The first-order valence-corrected chi connectivity index (χ1v) is 7.05. The Bertz CT molecular complexity index is 369. The maximum atomic E-state index is 11.8. The van der Waals surface area contributed by atoms with Gasteiger partial charge in [-0.2, -0.15) is 0 Å². The highest BCUT2D eigenvalue weighted by Crippen LogP contribution is 2.22. The fourth-order valence-electron chi connectivity index (χ4n) is 2.42. The number of amides is 3. The molecule has 8 nitrogen and oxygen atoms in total. The number of nitrogens with one attached hydrogen (secondary N) is 2. The molecule has 0 aromatic carbocycles. The lowest BCUT2D eigenvalue weighted by Crippen LogP contribution is -2.48. The van der Waals surface area contributed by atoms with Gasteiger partial charge in [-0.15, -0.1) is 0 Å². The van der Waals surface area contributed by atoms with Crippen molar-refractivity contribution < 1.29 is 24.2 Å². The van der Waals surface area contributed by atoms with Crippen molar-refractivity contribution in [2.45, 2.75) is 31.7 Å². The standard InChI is InChI=1S/C13H23N3O5/c1-21-7-6-14-13(20)15-11(17)8-16(9-12(18)19)10-4-2-3-5-10/h10H,2-9H2,1H3,(H,18,19)(H2,14,15,17,20). The summed E-state index contributed by atoms with van der Waals surface area (Å²) in [5.41, 5.74) is 0. The summed E-state index contributed by atoms with van der Waals surface area (Å²) in [5.74, 6) is -1.47. The van der Waals surface area contributed by atoms with Gasteiger partial charge in [-0.1, -0.05) is 12.8 Å². The predicted molar refractivity (Wildman–Crippen MR) is 74.9 cm³/mol. The van der Waals surface area contributed by atoms with E-state index >= 15 is 0 Å². The minimum absolute atomic E-state index is 0.0886. The first-order chi connectivity index (χ1) is 10.0. The average Bonchev–Trinajstić information content (AvgIpc) is 2.91. The van der Waals surface area contributed by atoms with E-state index in [1.165, 1.54) is 7.11 Å². The fourth-order valence-corrected chi connectivity index (χ4v) is 2.42. The highest BCUT2D eigenvalue weighted by atomic mass is 16.5. The van der Waals surface area contributed by atoms with E-state index in [2.05, 4.69) is 10.6 Å². The molecule has 1 fully saturated rings. The van der Waals surface area contributed by atoms with Crippen molar-refractivity contribution in [3.63, 3.8) is 0 Å². The van der Waals surface area contributed by atoms with E-state index < -0.39 is 17.9 Å². The summed E-state index contributed by atoms with van der Waals surface area (Å²) in [6, 6.07) is -0.498. The monoisotopic (exact) mass is 301 g/mol. The molecule has 0 aromatic heterocycles. The number of carbonyl (C=O) groups excluding carboxylic acids is 2. The zero-order valence-corrected chi connectivity index (χ0v) is 12.3. The Hall–Kier alpha value is -1.67. The lowest BCUT2D eigenvalue weighted by atomic mass is 10.2. The van der Waals surface area contributed by atoms with Crippen LogP contribution in [0.2, 0.25) is 0 Å². The van der Waals surface area contributed by atoms with Gasteiger partial charge in [-0.3, -0.25) is 19.8 Å². The summed E-state index contributed by atoms with van der Waals surface area (Å²) in [6.07, 6.45) is 3.86. The second-order valence-corrected chi connectivity index (χ2v) is 5.03. The van der Waals surface area contributed by atoms with Crippen LogP contribution in [0.3, 0.4) is 0 Å². The summed E-state index contributed by atoms with van der Waals surface area (Å²) in [4.78, 5) is 35.7. The SMILES string of the molecule is COCCNC(=O)NC(=O)CN(CC(=O)O)C1CCCC1. The van der Waals surface area contributed by atoms with Crippen molar-refractivity contribution >= 4 is 17.9 Å². The average molecular weight is 301 g/mol. The number of imide groups is 1. The van der Waals surface area contributed by atoms with Crippen molar-refractivity contribution in [3.8, 4) is 0 Å². The molecule has 8 heteroatoms. The zero-order valence-electron chi connectivity index (χ0n) is 12.3. The summed E-state index contributed by atoms with van der Waals surface area (Å²) >= 11 is 0. The Balaban J connectivity index is 2.40. The van der Waals surface area contributed by atoms with E-state index in [0.717, 1.165) is 25.7 Å². The Morgan fingerprint density at radius 1 is 1.24 bits per heavy atom. The van der Waals surface area contributed by atoms with Crippen LogP contribution in [0.4, 0.5) is 4.79 Å². The number of nitrogens with zero attached hydrogens (tertiary/aromatic N) is 1. The number of ether oxygens (including phenoxy) is 1. The second-order valence-electron chi connectivity index (χ2n) is 5.03. The van der Waals surface area contributed by atoms with Crippen LogP contribution >= 0.6 is 0 Å². The van der Waals surface area contributed by atoms with Gasteiger partial charge in [0.25, 0.3) is 0 Å². The topological polar surface area (TPSA) is 108 Å². The molecule has 0 saturated heterocycles. The van der Waals surface area contributed by atoms with Crippen molar-refractivity contribution in [1.29, 1.82) is 0 Å². The molecule has 0 aliphatic heterocycles. The maximum Gasteiger partial charge on any atom is 0.321 e. The lowest BCUT2D eigenvalue weighted by molar-refractivity contribution is -0.139. The number of hydrogen-bond donors (Lipinski definition) is 3. The van der Waals surface area contributed by atoms with Gasteiger partial charge in [0.2, 0.25) is 5.91 Å². The number of aliphatic carboxylic acids is 1. The van der Waals surface area contributed by atoms with Crippen LogP contribution in [0.5, 0.6) is 0 Å². The number of carbonyl (C=O) groups is 3. The molecular weight excluding hydrogens is 278 g/mol. The van der Waals surface area contributed by atoms with Crippen LogP contribution in [0.1, 0.15) is 25.7 Å². The molecule has 1 rings (SSSR count). The Labute approximate surface area is 123 Å². The summed E-state index contributed by atoms with van der Waals surface area (Å²) < 4.78 is 4.77. The van der Waals surface area contributed by atoms with Crippen molar-refractivity contribution in [1.82, 2.24) is 15.5 Å². The maximum absolute atomic E-state index is 11.8. The van der Waals surface area contributed by atoms with Gasteiger partial charge >= 0.3 is 12.0 Å². The van der Waals surface area contributed by atoms with Gasteiger partial charge < -0.3 is 15.2 Å². The fraction of sp³-hybridized carbons (Fsp3) is 0.769. The summed E-state index contributed by atoms with van der Waals surface area (Å²) in [5, 5.41) is 13.6. The number of carboxylic acid groups (broad SMARTS) is 1. The van der Waals surface area contributed by atoms with Gasteiger partial charge in [-0.05, 0) is 12.8 Å². The Morgan fingerprint density at radius 3 is 2.48 bits per heavy atom. The first-order valence-electron chi connectivity index (χ1n) is 7.05. The predicted octanol–water partition coefficient (Wildman–Crippen LogP) is -0.212. The molecular formula is C13H23N3O5. The van der Waals surface area contributed by atoms with Crippen molar-refractivity contribution in [3.05, 3.63) is 0 Å². The third kappa shape index (κ3) is 7.05. The number of rotatable bonds is 8. The molecule has 3 amide bonds. The number of urea groups is 1. The third-order valence-electron chi connectivity index (χ3n) is 3.37. The van der Waals surface area contributed by atoms with Gasteiger partial charge in [0.1, 0.15) is 0 Å². The highest BCUT2D eigenvalue weighted by Gasteiger charge is 2.26. The lowest BCUT2D eigenvalue weighted by Gasteiger charge is -2.26. The van der Waals surface area contributed by atoms with Crippen LogP contribution in [0.15, 0.2) is 0 Å². The molecule has 0 atom stereocenters. The molecule has 0 unspecified atom stereocenters. The van der Waals surface area contributed by atoms with E-state index in [4.69, 9.17) is 9.84 Å². The van der Waals surface area contributed by atoms with Gasteiger partial charge in [0.15, 0.2) is 0 Å². The summed E-state index contributed by atoms with van der Waals surface area (Å²) in [6.45, 7) is 0.379. The minimum atomic E-state index is -0.973. The molecule has 3 N–H and O–H groups in total. The van der Waals surface area contributed by atoms with E-state index in [0.29, 0.717) is 13.2 Å². The molecule has 21 heavy (non-hydrogen) atoms. The number of methoxy groups -OCH3 is 1. The molecule has 1 saturated carbocycles. The van der Waals surface area contributed by atoms with Crippen LogP contribution < -0.4 is 10.6 Å². The smallest absolute Gasteiger partial charge is 0.321 e. The minimum Gasteiger partial charge on any atom is -0.480 e. The van der Waals surface area contributed by atoms with Crippen molar-refractivity contribution in [2.24, 2.45) is 0 Å². The number of hydrogen-bond acceptors (Lipinski definition) is 5.